The highest BCUT2D eigenvalue weighted by atomic mass is 35.5. The van der Waals surface area contributed by atoms with Crippen molar-refractivity contribution in [1.29, 1.82) is 0 Å². The smallest absolute Gasteiger partial charge is 0.130 e. The van der Waals surface area contributed by atoms with Crippen LogP contribution < -0.4 is 10.1 Å². The number of benzene rings is 1. The maximum absolute atomic E-state index is 6.00. The van der Waals surface area contributed by atoms with Gasteiger partial charge < -0.3 is 10.1 Å². The van der Waals surface area contributed by atoms with Gasteiger partial charge in [0.2, 0.25) is 0 Å². The standard InChI is InChI=1S/C17H21ClN2O/c1-3-9-19-11-14-5-4-6-15(20-14)12-21-16-7-8-17(18)13(2)10-16/h4-8,10,19H,3,9,11-12H2,1-2H3. The van der Waals surface area contributed by atoms with Crippen LogP contribution in [0.5, 0.6) is 5.75 Å². The van der Waals surface area contributed by atoms with E-state index in [1.165, 1.54) is 0 Å². The summed E-state index contributed by atoms with van der Waals surface area (Å²) in [5.74, 6) is 0.813. The predicted molar refractivity (Wildman–Crippen MR) is 86.8 cm³/mol. The zero-order valence-corrected chi connectivity index (χ0v) is 13.3. The van der Waals surface area contributed by atoms with Crippen LogP contribution in [0.4, 0.5) is 0 Å². The molecule has 0 fully saturated rings. The molecule has 4 heteroatoms. The molecule has 0 atom stereocenters. The molecule has 1 N–H and O–H groups in total. The van der Waals surface area contributed by atoms with E-state index in [-0.39, 0.29) is 0 Å². The van der Waals surface area contributed by atoms with Gasteiger partial charge in [-0.1, -0.05) is 24.6 Å². The fraction of sp³-hybridized carbons (Fsp3) is 0.353. The number of hydrogen-bond acceptors (Lipinski definition) is 3. The van der Waals surface area contributed by atoms with Crippen molar-refractivity contribution in [3.8, 4) is 5.75 Å². The number of ether oxygens (including phenoxy) is 1. The zero-order chi connectivity index (χ0) is 15.1. The first-order chi connectivity index (χ1) is 10.2. The Morgan fingerprint density at radius 3 is 2.76 bits per heavy atom. The summed E-state index contributed by atoms with van der Waals surface area (Å²) in [6, 6.07) is 11.7. The number of pyridine rings is 1. The molecule has 21 heavy (non-hydrogen) atoms. The molecule has 1 aromatic carbocycles. The third-order valence-corrected chi connectivity index (χ3v) is 3.54. The van der Waals surface area contributed by atoms with Crippen molar-refractivity contribution >= 4 is 11.6 Å². The van der Waals surface area contributed by atoms with Crippen molar-refractivity contribution < 1.29 is 4.74 Å². The average molecular weight is 305 g/mol. The molecule has 0 unspecified atom stereocenters. The van der Waals surface area contributed by atoms with Gasteiger partial charge in [0.25, 0.3) is 0 Å². The normalized spacial score (nSPS) is 10.6. The van der Waals surface area contributed by atoms with E-state index in [2.05, 4.69) is 17.2 Å². The second-order valence-electron chi connectivity index (χ2n) is 5.00. The number of aryl methyl sites for hydroxylation is 1. The summed E-state index contributed by atoms with van der Waals surface area (Å²) in [5.41, 5.74) is 2.98. The molecule has 0 spiro atoms. The van der Waals surface area contributed by atoms with Gasteiger partial charge in [0, 0.05) is 11.6 Å². The molecule has 0 radical (unpaired) electrons. The van der Waals surface area contributed by atoms with Gasteiger partial charge in [-0.05, 0) is 55.8 Å². The SMILES string of the molecule is CCCNCc1cccc(COc2ccc(Cl)c(C)c2)n1. The largest absolute Gasteiger partial charge is 0.487 e. The Balaban J connectivity index is 1.93. The van der Waals surface area contributed by atoms with Gasteiger partial charge in [0.1, 0.15) is 12.4 Å². The van der Waals surface area contributed by atoms with Crippen molar-refractivity contribution in [1.82, 2.24) is 10.3 Å². The maximum atomic E-state index is 6.00. The second-order valence-corrected chi connectivity index (χ2v) is 5.40. The van der Waals surface area contributed by atoms with Gasteiger partial charge in [-0.25, -0.2) is 0 Å². The molecular weight excluding hydrogens is 284 g/mol. The van der Waals surface area contributed by atoms with Crippen molar-refractivity contribution in [3.05, 3.63) is 58.4 Å². The van der Waals surface area contributed by atoms with Crippen molar-refractivity contribution in [2.75, 3.05) is 6.54 Å². The summed E-state index contributed by atoms with van der Waals surface area (Å²) in [4.78, 5) is 4.59. The molecule has 0 aliphatic rings. The highest BCUT2D eigenvalue weighted by molar-refractivity contribution is 6.31. The number of nitrogens with zero attached hydrogens (tertiary/aromatic N) is 1. The fourth-order valence-electron chi connectivity index (χ4n) is 1.97. The molecule has 0 saturated carbocycles. The third-order valence-electron chi connectivity index (χ3n) is 3.11. The number of rotatable bonds is 7. The van der Waals surface area contributed by atoms with Gasteiger partial charge in [-0.2, -0.15) is 0 Å². The van der Waals surface area contributed by atoms with Crippen LogP contribution in [0.25, 0.3) is 0 Å². The summed E-state index contributed by atoms with van der Waals surface area (Å²) in [6.07, 6.45) is 1.12. The first kappa shape index (κ1) is 15.8. The van der Waals surface area contributed by atoms with Crippen LogP contribution in [0.3, 0.4) is 0 Å². The minimum atomic E-state index is 0.461. The summed E-state index contributed by atoms with van der Waals surface area (Å²) in [7, 11) is 0. The lowest BCUT2D eigenvalue weighted by atomic mass is 10.2. The topological polar surface area (TPSA) is 34.1 Å². The van der Waals surface area contributed by atoms with Crippen LogP contribution in [0.1, 0.15) is 30.3 Å². The van der Waals surface area contributed by atoms with E-state index >= 15 is 0 Å². The lowest BCUT2D eigenvalue weighted by molar-refractivity contribution is 0.300. The van der Waals surface area contributed by atoms with Crippen molar-refractivity contribution in [3.63, 3.8) is 0 Å². The molecule has 0 aliphatic heterocycles. The number of halogens is 1. The Bertz CT molecular complexity index is 587. The monoisotopic (exact) mass is 304 g/mol. The van der Waals surface area contributed by atoms with Gasteiger partial charge in [-0.15, -0.1) is 0 Å². The lowest BCUT2D eigenvalue weighted by Crippen LogP contribution is -2.15. The van der Waals surface area contributed by atoms with Gasteiger partial charge in [0.15, 0.2) is 0 Å². The maximum Gasteiger partial charge on any atom is 0.130 e. The molecule has 0 saturated heterocycles. The molecule has 1 heterocycles. The molecule has 2 rings (SSSR count). The molecule has 1 aromatic heterocycles. The van der Waals surface area contributed by atoms with E-state index < -0.39 is 0 Å². The molecule has 0 amide bonds. The Morgan fingerprint density at radius 2 is 2.00 bits per heavy atom. The molecule has 3 nitrogen and oxygen atoms in total. The lowest BCUT2D eigenvalue weighted by Gasteiger charge is -2.09. The Labute approximate surface area is 131 Å². The summed E-state index contributed by atoms with van der Waals surface area (Å²) in [6.45, 7) is 6.38. The zero-order valence-electron chi connectivity index (χ0n) is 12.5. The van der Waals surface area contributed by atoms with E-state index in [0.29, 0.717) is 6.61 Å². The second kappa shape index (κ2) is 8.01. The molecule has 2 aromatic rings. The molecular formula is C17H21ClN2O. The molecule has 0 aliphatic carbocycles. The van der Waals surface area contributed by atoms with E-state index in [4.69, 9.17) is 16.3 Å². The summed E-state index contributed by atoms with van der Waals surface area (Å²) < 4.78 is 5.77. The van der Waals surface area contributed by atoms with E-state index in [1.807, 2.05) is 43.3 Å². The molecule has 112 valence electrons. The van der Waals surface area contributed by atoms with Crippen LogP contribution in [-0.2, 0) is 13.2 Å². The van der Waals surface area contributed by atoms with E-state index in [9.17, 15) is 0 Å². The predicted octanol–water partition coefficient (Wildman–Crippen LogP) is 4.12. The van der Waals surface area contributed by atoms with Crippen LogP contribution >= 0.6 is 11.6 Å². The van der Waals surface area contributed by atoms with Crippen LogP contribution in [-0.4, -0.2) is 11.5 Å². The average Bonchev–Trinajstić information content (AvgIpc) is 2.49. The number of aromatic nitrogens is 1. The van der Waals surface area contributed by atoms with E-state index in [1.54, 1.807) is 0 Å². The van der Waals surface area contributed by atoms with Gasteiger partial charge >= 0.3 is 0 Å². The first-order valence-electron chi connectivity index (χ1n) is 7.23. The summed E-state index contributed by atoms with van der Waals surface area (Å²) in [5, 5.41) is 4.10. The Morgan fingerprint density at radius 1 is 1.19 bits per heavy atom. The number of nitrogens with one attached hydrogen (secondary N) is 1. The molecule has 0 bridgehead atoms. The minimum absolute atomic E-state index is 0.461. The van der Waals surface area contributed by atoms with Crippen molar-refractivity contribution in [2.45, 2.75) is 33.4 Å². The van der Waals surface area contributed by atoms with Crippen molar-refractivity contribution in [2.24, 2.45) is 0 Å². The Kier molecular flexibility index (Phi) is 6.03. The highest BCUT2D eigenvalue weighted by Crippen LogP contribution is 2.21. The quantitative estimate of drug-likeness (QED) is 0.781. The van der Waals surface area contributed by atoms with Gasteiger partial charge in [0.05, 0.1) is 11.4 Å². The summed E-state index contributed by atoms with van der Waals surface area (Å²) >= 11 is 6.00. The Hall–Kier alpha value is -1.58. The van der Waals surface area contributed by atoms with Crippen LogP contribution in [0.2, 0.25) is 5.02 Å². The van der Waals surface area contributed by atoms with Gasteiger partial charge in [-0.3, -0.25) is 4.98 Å². The third kappa shape index (κ3) is 5.03. The van der Waals surface area contributed by atoms with Crippen LogP contribution in [0.15, 0.2) is 36.4 Å². The van der Waals surface area contributed by atoms with E-state index in [0.717, 1.165) is 47.2 Å². The first-order valence-corrected chi connectivity index (χ1v) is 7.61. The van der Waals surface area contributed by atoms with Crippen LogP contribution in [0, 0.1) is 6.92 Å². The fourth-order valence-corrected chi connectivity index (χ4v) is 2.08. The minimum Gasteiger partial charge on any atom is -0.487 e. The highest BCUT2D eigenvalue weighted by Gasteiger charge is 2.02. The number of hydrogen-bond donors (Lipinski definition) is 1.